The van der Waals surface area contributed by atoms with Gasteiger partial charge in [0, 0.05) is 11.2 Å². The van der Waals surface area contributed by atoms with Crippen molar-refractivity contribution in [2.75, 3.05) is 6.26 Å². The molecule has 0 fully saturated rings. The molecule has 0 N–H and O–H groups in total. The highest BCUT2D eigenvalue weighted by Gasteiger charge is 1.99. The van der Waals surface area contributed by atoms with Crippen LogP contribution in [-0.4, -0.2) is 16.3 Å². The van der Waals surface area contributed by atoms with Gasteiger partial charge in [-0.3, -0.25) is 4.21 Å². The van der Waals surface area contributed by atoms with Gasteiger partial charge in [0.25, 0.3) is 0 Å². The van der Waals surface area contributed by atoms with Crippen molar-refractivity contribution in [3.8, 4) is 0 Å². The summed E-state index contributed by atoms with van der Waals surface area (Å²) in [5.41, 5.74) is 0. The minimum Gasteiger partial charge on any atom is -0.263 e. The van der Waals surface area contributed by atoms with Gasteiger partial charge in [0.2, 0.25) is 0 Å². The van der Waals surface area contributed by atoms with Crippen molar-refractivity contribution >= 4 is 15.4 Å². The lowest BCUT2D eigenvalue weighted by molar-refractivity contribution is 0.626. The van der Waals surface area contributed by atoms with E-state index in [-0.39, 0.29) is 5.82 Å². The molecule has 0 spiro atoms. The molecule has 0 aliphatic heterocycles. The molecule has 1 rings (SSSR count). The quantitative estimate of drug-likeness (QED) is 0.640. The van der Waals surface area contributed by atoms with Gasteiger partial charge in [-0.15, -0.1) is 0 Å². The Morgan fingerprint density at radius 3 is 1.92 bits per heavy atom. The first-order chi connectivity index (χ1) is 6.00. The van der Waals surface area contributed by atoms with Crippen LogP contribution in [0.4, 0.5) is 4.39 Å². The summed E-state index contributed by atoms with van der Waals surface area (Å²) in [7, 11) is -2.19. The summed E-state index contributed by atoms with van der Waals surface area (Å²) in [6.45, 7) is 4.00. The van der Waals surface area contributed by atoms with Crippen LogP contribution in [0.2, 0.25) is 0 Å². The van der Waals surface area contributed by atoms with Gasteiger partial charge < -0.3 is 0 Å². The third kappa shape index (κ3) is 4.08. The molecule has 0 aliphatic carbocycles. The van der Waals surface area contributed by atoms with Gasteiger partial charge in [-0.25, -0.2) is 4.39 Å². The van der Waals surface area contributed by atoms with Crippen molar-refractivity contribution in [2.45, 2.75) is 18.7 Å². The van der Waals surface area contributed by atoms with E-state index in [2.05, 4.69) is 5.87 Å². The van der Waals surface area contributed by atoms with E-state index in [0.717, 1.165) is 0 Å². The fraction of sp³-hybridized carbons (Fsp3) is 0.300. The van der Waals surface area contributed by atoms with Crippen LogP contribution in [-0.2, 0) is 9.52 Å². The van der Waals surface area contributed by atoms with Crippen molar-refractivity contribution in [1.29, 1.82) is 0 Å². The summed E-state index contributed by atoms with van der Waals surface area (Å²) in [6, 6.07) is 5.54. The molecule has 0 radical (unpaired) electrons. The number of halogens is 1. The topological polar surface area (TPSA) is 17.1 Å². The van der Waals surface area contributed by atoms with Crippen molar-refractivity contribution in [3.05, 3.63) is 30.1 Å². The number of rotatable bonds is 1. The van der Waals surface area contributed by atoms with Crippen molar-refractivity contribution in [3.63, 3.8) is 0 Å². The maximum Gasteiger partial charge on any atom is 0.123 e. The summed E-state index contributed by atoms with van der Waals surface area (Å²) in [5.74, 6) is 3.15. The Labute approximate surface area is 79.6 Å². The summed E-state index contributed by atoms with van der Waals surface area (Å²) >= 11 is 0. The number of hydrogen-bond acceptors (Lipinski definition) is 1. The maximum absolute atomic E-state index is 12.4. The third-order valence-corrected chi connectivity index (χ3v) is 2.58. The van der Waals surface area contributed by atoms with Gasteiger partial charge in [0.1, 0.15) is 5.82 Å². The lowest BCUT2D eigenvalue weighted by Gasteiger charge is -2.00. The molecule has 1 aromatic rings. The zero-order chi connectivity index (χ0) is 10.5. The number of benzene rings is 1. The van der Waals surface area contributed by atoms with Crippen molar-refractivity contribution < 1.29 is 8.60 Å². The van der Waals surface area contributed by atoms with E-state index in [1.165, 1.54) is 30.5 Å². The van der Waals surface area contributed by atoms with Crippen LogP contribution in [0.1, 0.15) is 13.8 Å². The van der Waals surface area contributed by atoms with Crippen LogP contribution in [0.3, 0.4) is 0 Å². The van der Waals surface area contributed by atoms with Gasteiger partial charge in [-0.1, -0.05) is 13.8 Å². The first-order valence-electron chi connectivity index (χ1n) is 4.08. The van der Waals surface area contributed by atoms with Crippen LogP contribution < -0.4 is 0 Å². The largest absolute Gasteiger partial charge is 0.263 e. The van der Waals surface area contributed by atoms with Gasteiger partial charge in [0.05, 0.1) is 0 Å². The second-order valence-electron chi connectivity index (χ2n) is 2.46. The van der Waals surface area contributed by atoms with Crippen LogP contribution >= 0.6 is 0 Å². The smallest absolute Gasteiger partial charge is 0.123 e. The molecule has 1 nitrogen and oxygen atoms in total. The summed E-state index contributed by atoms with van der Waals surface area (Å²) < 4.78 is 23.6. The summed E-state index contributed by atoms with van der Waals surface area (Å²) in [4.78, 5) is 0.582. The number of hydrogen-bond donors (Lipinski definition) is 0. The van der Waals surface area contributed by atoms with E-state index in [1.54, 1.807) is 0 Å². The molecule has 0 heterocycles. The molecule has 0 saturated carbocycles. The Kier molecular flexibility index (Phi) is 4.70. The highest BCUT2D eigenvalue weighted by Crippen LogP contribution is 2.08. The molecule has 1 unspecified atom stereocenters. The third-order valence-electron chi connectivity index (χ3n) is 1.31. The van der Waals surface area contributed by atoms with Crippen LogP contribution in [0.5, 0.6) is 0 Å². The minimum atomic E-state index is -2.19. The predicted molar refractivity (Wildman–Crippen MR) is 57.2 cm³/mol. The fourth-order valence-electron chi connectivity index (χ4n) is 0.722. The monoisotopic (exact) mass is 202 g/mol. The van der Waals surface area contributed by atoms with E-state index in [0.29, 0.717) is 4.90 Å². The minimum absolute atomic E-state index is 0.322. The molecule has 74 valence electrons. The summed E-state index contributed by atoms with van der Waals surface area (Å²) in [6.07, 6.45) is 1.53. The van der Waals surface area contributed by atoms with E-state index in [4.69, 9.17) is 0 Å². The SMILES string of the molecule is C=S(C)(=O)c1ccc(F)cc1.CC. The van der Waals surface area contributed by atoms with E-state index >= 15 is 0 Å². The lowest BCUT2D eigenvalue weighted by atomic mass is 10.4. The zero-order valence-corrected chi connectivity index (χ0v) is 9.03. The molecule has 1 aromatic carbocycles. The average molecular weight is 202 g/mol. The van der Waals surface area contributed by atoms with Crippen LogP contribution in [0, 0.1) is 5.82 Å². The highest BCUT2D eigenvalue weighted by atomic mass is 32.2. The highest BCUT2D eigenvalue weighted by molar-refractivity contribution is 7.99. The molecule has 0 aliphatic rings. The Hall–Kier alpha value is -0.830. The standard InChI is InChI=1S/C8H9FOS.C2H6/c1-11(2,10)8-5-3-7(9)4-6-8;1-2/h3-6H,1H2,2H3;1-2H3. The molecule has 1 atom stereocenters. The van der Waals surface area contributed by atoms with Crippen LogP contribution in [0.25, 0.3) is 0 Å². The fourth-order valence-corrected chi connectivity index (χ4v) is 1.43. The molecule has 0 bridgehead atoms. The predicted octanol–water partition coefficient (Wildman–Crippen LogP) is 2.56. The Morgan fingerprint density at radius 1 is 1.23 bits per heavy atom. The molecule has 3 heteroatoms. The Bertz CT molecular complexity index is 338. The Morgan fingerprint density at radius 2 is 1.62 bits per heavy atom. The van der Waals surface area contributed by atoms with Gasteiger partial charge in [-0.2, -0.15) is 0 Å². The first-order valence-corrected chi connectivity index (χ1v) is 6.21. The maximum atomic E-state index is 12.4. The van der Waals surface area contributed by atoms with E-state index < -0.39 is 9.52 Å². The van der Waals surface area contributed by atoms with Gasteiger partial charge in [-0.05, 0) is 39.7 Å². The van der Waals surface area contributed by atoms with Gasteiger partial charge >= 0.3 is 0 Å². The Balaban J connectivity index is 0.000000671. The lowest BCUT2D eigenvalue weighted by Crippen LogP contribution is -1.95. The molecular weight excluding hydrogens is 187 g/mol. The zero-order valence-electron chi connectivity index (χ0n) is 8.21. The van der Waals surface area contributed by atoms with E-state index in [1.807, 2.05) is 13.8 Å². The van der Waals surface area contributed by atoms with Crippen molar-refractivity contribution in [2.24, 2.45) is 0 Å². The second kappa shape index (κ2) is 5.02. The first kappa shape index (κ1) is 12.2. The molecule has 0 aromatic heterocycles. The second-order valence-corrected chi connectivity index (χ2v) is 4.94. The van der Waals surface area contributed by atoms with Gasteiger partial charge in [0.15, 0.2) is 0 Å². The van der Waals surface area contributed by atoms with Crippen LogP contribution in [0.15, 0.2) is 29.2 Å². The molecule has 13 heavy (non-hydrogen) atoms. The summed E-state index contributed by atoms with van der Waals surface area (Å²) in [5, 5.41) is 0. The molecular formula is C10H15FOS. The van der Waals surface area contributed by atoms with E-state index in [9.17, 15) is 8.60 Å². The average Bonchev–Trinajstić information content (AvgIpc) is 2.07. The molecule has 0 amide bonds. The van der Waals surface area contributed by atoms with Crippen molar-refractivity contribution in [1.82, 2.24) is 0 Å². The normalized spacial score (nSPS) is 13.8. The molecule has 0 saturated heterocycles.